The SMILES string of the molecule is COc1ccc2c(c1)OC1(CCCSC1C)C[C@@H]2N. The molecule has 2 aliphatic rings. The Hall–Kier alpha value is -0.870. The van der Waals surface area contributed by atoms with E-state index < -0.39 is 0 Å². The predicted molar refractivity (Wildman–Crippen MR) is 79.1 cm³/mol. The number of rotatable bonds is 1. The maximum Gasteiger partial charge on any atom is 0.128 e. The first kappa shape index (κ1) is 13.1. The Kier molecular flexibility index (Phi) is 3.39. The third-order valence-electron chi connectivity index (χ3n) is 4.35. The smallest absolute Gasteiger partial charge is 0.128 e. The third kappa shape index (κ3) is 2.21. The second-order valence-electron chi connectivity index (χ2n) is 5.50. The largest absolute Gasteiger partial charge is 0.497 e. The molecule has 104 valence electrons. The Balaban J connectivity index is 1.97. The lowest BCUT2D eigenvalue weighted by Gasteiger charge is -2.47. The first-order valence-electron chi connectivity index (χ1n) is 6.89. The molecule has 1 saturated heterocycles. The zero-order valence-electron chi connectivity index (χ0n) is 11.5. The predicted octanol–water partition coefficient (Wildman–Crippen LogP) is 3.13. The van der Waals surface area contributed by atoms with Gasteiger partial charge < -0.3 is 15.2 Å². The fraction of sp³-hybridized carbons (Fsp3) is 0.600. The molecule has 2 N–H and O–H groups in total. The number of nitrogens with two attached hydrogens (primary N) is 1. The number of hydrogen-bond donors (Lipinski definition) is 1. The minimum Gasteiger partial charge on any atom is -0.497 e. The van der Waals surface area contributed by atoms with E-state index in [0.29, 0.717) is 5.25 Å². The normalized spacial score (nSPS) is 33.6. The lowest BCUT2D eigenvalue weighted by molar-refractivity contribution is 0.0253. The van der Waals surface area contributed by atoms with Crippen LogP contribution in [0, 0.1) is 0 Å². The fourth-order valence-electron chi connectivity index (χ4n) is 3.17. The van der Waals surface area contributed by atoms with E-state index in [9.17, 15) is 0 Å². The molecule has 0 aromatic heterocycles. The van der Waals surface area contributed by atoms with Crippen molar-refractivity contribution in [1.82, 2.24) is 0 Å². The van der Waals surface area contributed by atoms with Gasteiger partial charge in [0.25, 0.3) is 0 Å². The number of benzene rings is 1. The van der Waals surface area contributed by atoms with E-state index in [0.717, 1.165) is 29.9 Å². The van der Waals surface area contributed by atoms with Gasteiger partial charge in [-0.25, -0.2) is 0 Å². The van der Waals surface area contributed by atoms with Crippen molar-refractivity contribution in [2.24, 2.45) is 5.73 Å². The molecule has 1 aromatic carbocycles. The average molecular weight is 279 g/mol. The van der Waals surface area contributed by atoms with Crippen LogP contribution in [-0.4, -0.2) is 23.7 Å². The van der Waals surface area contributed by atoms with Crippen molar-refractivity contribution in [3.05, 3.63) is 23.8 Å². The minimum absolute atomic E-state index is 0.0656. The van der Waals surface area contributed by atoms with Crippen molar-refractivity contribution in [2.75, 3.05) is 12.9 Å². The van der Waals surface area contributed by atoms with Gasteiger partial charge in [-0.2, -0.15) is 11.8 Å². The molecule has 4 heteroatoms. The third-order valence-corrected chi connectivity index (χ3v) is 5.81. The van der Waals surface area contributed by atoms with Gasteiger partial charge in [-0.3, -0.25) is 0 Å². The number of methoxy groups -OCH3 is 1. The van der Waals surface area contributed by atoms with Gasteiger partial charge in [-0.05, 0) is 31.6 Å². The summed E-state index contributed by atoms with van der Waals surface area (Å²) in [6, 6.07) is 6.03. The van der Waals surface area contributed by atoms with Crippen molar-refractivity contribution < 1.29 is 9.47 Å². The topological polar surface area (TPSA) is 44.5 Å². The van der Waals surface area contributed by atoms with E-state index in [1.54, 1.807) is 7.11 Å². The highest BCUT2D eigenvalue weighted by atomic mass is 32.2. The van der Waals surface area contributed by atoms with E-state index in [4.69, 9.17) is 15.2 Å². The van der Waals surface area contributed by atoms with Gasteiger partial charge >= 0.3 is 0 Å². The number of thioether (sulfide) groups is 1. The standard InChI is InChI=1S/C15H21NO2S/c1-10-15(6-3-7-19-10)9-13(16)12-5-4-11(17-2)8-14(12)18-15/h4-5,8,10,13H,3,6-7,9,16H2,1-2H3/t10?,13-,15?/m0/s1. The van der Waals surface area contributed by atoms with Crippen LogP contribution in [0.4, 0.5) is 0 Å². The van der Waals surface area contributed by atoms with Gasteiger partial charge in [0.15, 0.2) is 0 Å². The van der Waals surface area contributed by atoms with Gasteiger partial charge in [0.1, 0.15) is 17.1 Å². The van der Waals surface area contributed by atoms with Crippen molar-refractivity contribution in [3.8, 4) is 11.5 Å². The van der Waals surface area contributed by atoms with Gasteiger partial charge in [0.2, 0.25) is 0 Å². The van der Waals surface area contributed by atoms with Crippen LogP contribution >= 0.6 is 11.8 Å². The van der Waals surface area contributed by atoms with Crippen molar-refractivity contribution >= 4 is 11.8 Å². The summed E-state index contributed by atoms with van der Waals surface area (Å²) in [6.45, 7) is 2.27. The Morgan fingerprint density at radius 2 is 2.32 bits per heavy atom. The van der Waals surface area contributed by atoms with Crippen LogP contribution in [0.1, 0.15) is 37.8 Å². The molecular weight excluding hydrogens is 258 g/mol. The molecule has 0 saturated carbocycles. The van der Waals surface area contributed by atoms with Crippen LogP contribution in [0.5, 0.6) is 11.5 Å². The van der Waals surface area contributed by atoms with Crippen LogP contribution < -0.4 is 15.2 Å². The van der Waals surface area contributed by atoms with Crippen LogP contribution in [0.2, 0.25) is 0 Å². The lowest BCUT2D eigenvalue weighted by atomic mass is 9.82. The van der Waals surface area contributed by atoms with E-state index in [2.05, 4.69) is 6.92 Å². The summed E-state index contributed by atoms with van der Waals surface area (Å²) in [5.74, 6) is 2.97. The second kappa shape index (κ2) is 4.91. The molecule has 2 unspecified atom stereocenters. The minimum atomic E-state index is -0.0955. The maximum absolute atomic E-state index is 6.40. The Morgan fingerprint density at radius 3 is 3.05 bits per heavy atom. The van der Waals surface area contributed by atoms with Crippen LogP contribution in [0.25, 0.3) is 0 Å². The van der Waals surface area contributed by atoms with Gasteiger partial charge in [0, 0.05) is 29.3 Å². The summed E-state index contributed by atoms with van der Waals surface area (Å²) >= 11 is 2.00. The lowest BCUT2D eigenvalue weighted by Crippen LogP contribution is -2.51. The highest BCUT2D eigenvalue weighted by molar-refractivity contribution is 8.00. The van der Waals surface area contributed by atoms with Crippen molar-refractivity contribution in [1.29, 1.82) is 0 Å². The molecule has 3 nitrogen and oxygen atoms in total. The van der Waals surface area contributed by atoms with E-state index in [-0.39, 0.29) is 11.6 Å². The van der Waals surface area contributed by atoms with Gasteiger partial charge in [0.05, 0.1) is 7.11 Å². The fourth-order valence-corrected chi connectivity index (χ4v) is 4.40. The molecular formula is C15H21NO2S. The molecule has 2 aliphatic heterocycles. The molecule has 2 heterocycles. The highest BCUT2D eigenvalue weighted by Crippen LogP contribution is 2.48. The second-order valence-corrected chi connectivity index (χ2v) is 6.95. The van der Waals surface area contributed by atoms with Crippen molar-refractivity contribution in [2.45, 2.75) is 43.1 Å². The highest BCUT2D eigenvalue weighted by Gasteiger charge is 2.45. The molecule has 1 spiro atoms. The summed E-state index contributed by atoms with van der Waals surface area (Å²) in [5, 5.41) is 0.492. The summed E-state index contributed by atoms with van der Waals surface area (Å²) in [5.41, 5.74) is 7.39. The number of ether oxygens (including phenoxy) is 2. The van der Waals surface area contributed by atoms with Crippen LogP contribution in [-0.2, 0) is 0 Å². The van der Waals surface area contributed by atoms with Crippen LogP contribution in [0.15, 0.2) is 18.2 Å². The summed E-state index contributed by atoms with van der Waals surface area (Å²) in [6.07, 6.45) is 3.23. The zero-order valence-corrected chi connectivity index (χ0v) is 12.3. The molecule has 0 bridgehead atoms. The molecule has 3 atom stereocenters. The van der Waals surface area contributed by atoms with Crippen molar-refractivity contribution in [3.63, 3.8) is 0 Å². The Labute approximate surface area is 118 Å². The number of hydrogen-bond acceptors (Lipinski definition) is 4. The van der Waals surface area contributed by atoms with E-state index in [1.165, 1.54) is 12.2 Å². The molecule has 0 amide bonds. The van der Waals surface area contributed by atoms with E-state index in [1.807, 2.05) is 30.0 Å². The Bertz CT molecular complexity index is 479. The van der Waals surface area contributed by atoms with Crippen LogP contribution in [0.3, 0.4) is 0 Å². The molecule has 3 rings (SSSR count). The maximum atomic E-state index is 6.40. The van der Waals surface area contributed by atoms with Gasteiger partial charge in [-0.15, -0.1) is 0 Å². The Morgan fingerprint density at radius 1 is 1.47 bits per heavy atom. The van der Waals surface area contributed by atoms with E-state index >= 15 is 0 Å². The molecule has 0 radical (unpaired) electrons. The summed E-state index contributed by atoms with van der Waals surface area (Å²) in [4.78, 5) is 0. The average Bonchev–Trinajstić information content (AvgIpc) is 2.41. The molecule has 1 fully saturated rings. The monoisotopic (exact) mass is 279 g/mol. The summed E-state index contributed by atoms with van der Waals surface area (Å²) in [7, 11) is 1.68. The first-order chi connectivity index (χ1) is 9.14. The number of fused-ring (bicyclic) bond motifs is 1. The quantitative estimate of drug-likeness (QED) is 0.858. The molecule has 0 aliphatic carbocycles. The zero-order chi connectivity index (χ0) is 13.5. The molecule has 19 heavy (non-hydrogen) atoms. The molecule has 1 aromatic rings. The van der Waals surface area contributed by atoms with Gasteiger partial charge in [-0.1, -0.05) is 6.07 Å². The summed E-state index contributed by atoms with van der Waals surface area (Å²) < 4.78 is 11.7. The first-order valence-corrected chi connectivity index (χ1v) is 7.94.